The Labute approximate surface area is 139 Å². The van der Waals surface area contributed by atoms with Crippen molar-refractivity contribution in [3.05, 3.63) is 67.0 Å². The number of imidazole rings is 1. The van der Waals surface area contributed by atoms with Crippen molar-refractivity contribution in [3.63, 3.8) is 0 Å². The first-order valence-corrected chi connectivity index (χ1v) is 7.57. The highest BCUT2D eigenvalue weighted by molar-refractivity contribution is 5.77. The molecule has 3 aromatic heterocycles. The number of rotatable bonds is 3. The summed E-state index contributed by atoms with van der Waals surface area (Å²) in [6.07, 6.45) is 9.03. The normalized spacial score (nSPS) is 10.9. The van der Waals surface area contributed by atoms with Crippen molar-refractivity contribution in [2.45, 2.75) is 6.92 Å². The Morgan fingerprint density at radius 3 is 2.67 bits per heavy atom. The number of nitrogens with two attached hydrogens (primary N) is 1. The van der Waals surface area contributed by atoms with Gasteiger partial charge < -0.3 is 15.5 Å². The lowest BCUT2D eigenvalue weighted by Crippen LogP contribution is -2.00. The fourth-order valence-corrected chi connectivity index (χ4v) is 2.68. The van der Waals surface area contributed by atoms with Crippen LogP contribution in [0.1, 0.15) is 5.56 Å². The van der Waals surface area contributed by atoms with E-state index in [1.807, 2.05) is 47.9 Å². The number of aryl methyl sites for hydroxylation is 1. The summed E-state index contributed by atoms with van der Waals surface area (Å²) in [6, 6.07) is 9.74. The van der Waals surface area contributed by atoms with Crippen LogP contribution in [-0.2, 0) is 0 Å². The van der Waals surface area contributed by atoms with Crippen LogP contribution in [-0.4, -0.2) is 19.4 Å². The third kappa shape index (κ3) is 2.44. The first-order valence-electron chi connectivity index (χ1n) is 7.57. The fraction of sp³-hybridized carbons (Fsp3) is 0.0556. The molecule has 0 fully saturated rings. The lowest BCUT2D eigenvalue weighted by molar-refractivity contribution is 1.14. The van der Waals surface area contributed by atoms with Gasteiger partial charge in [-0.2, -0.15) is 0 Å². The number of nitrogens with one attached hydrogen (secondary N) is 1. The second-order valence-corrected chi connectivity index (χ2v) is 5.57. The molecule has 0 aliphatic rings. The Kier molecular flexibility index (Phi) is 3.35. The molecule has 0 saturated heterocycles. The van der Waals surface area contributed by atoms with E-state index < -0.39 is 0 Å². The molecule has 3 N–H and O–H groups in total. The fourth-order valence-electron chi connectivity index (χ4n) is 2.68. The van der Waals surface area contributed by atoms with Crippen LogP contribution in [0.15, 0.2) is 61.4 Å². The highest BCUT2D eigenvalue weighted by Gasteiger charge is 2.08. The molecule has 4 aromatic rings. The van der Waals surface area contributed by atoms with Gasteiger partial charge in [0, 0.05) is 11.8 Å². The van der Waals surface area contributed by atoms with Gasteiger partial charge in [0.25, 0.3) is 0 Å². The van der Waals surface area contributed by atoms with E-state index in [0.717, 1.165) is 28.0 Å². The van der Waals surface area contributed by atoms with Gasteiger partial charge in [-0.1, -0.05) is 12.1 Å². The second kappa shape index (κ2) is 5.66. The molecule has 0 radical (unpaired) electrons. The molecule has 0 spiro atoms. The van der Waals surface area contributed by atoms with Crippen LogP contribution in [0.2, 0.25) is 0 Å². The summed E-state index contributed by atoms with van der Waals surface area (Å²) in [6.45, 7) is 2.01. The molecule has 3 heterocycles. The Morgan fingerprint density at radius 2 is 1.88 bits per heavy atom. The van der Waals surface area contributed by atoms with Gasteiger partial charge >= 0.3 is 0 Å². The number of aromatic nitrogens is 4. The summed E-state index contributed by atoms with van der Waals surface area (Å²) >= 11 is 0. The van der Waals surface area contributed by atoms with E-state index in [4.69, 9.17) is 5.73 Å². The highest BCUT2D eigenvalue weighted by Crippen LogP contribution is 2.27. The number of fused-ring (bicyclic) bond motifs is 1. The van der Waals surface area contributed by atoms with Crippen LogP contribution in [0.3, 0.4) is 0 Å². The quantitative estimate of drug-likeness (QED) is 0.566. The predicted molar refractivity (Wildman–Crippen MR) is 95.1 cm³/mol. The summed E-state index contributed by atoms with van der Waals surface area (Å²) in [5.74, 6) is 0.657. The van der Waals surface area contributed by atoms with Gasteiger partial charge in [0.1, 0.15) is 0 Å². The summed E-state index contributed by atoms with van der Waals surface area (Å²) in [5, 5.41) is 3.28. The molecule has 118 valence electrons. The van der Waals surface area contributed by atoms with E-state index in [-0.39, 0.29) is 0 Å². The van der Waals surface area contributed by atoms with Crippen LogP contribution in [0.5, 0.6) is 0 Å². The average Bonchev–Trinajstić information content (AvgIpc) is 3.08. The van der Waals surface area contributed by atoms with E-state index >= 15 is 0 Å². The molecule has 0 bridgehead atoms. The number of nitrogens with zero attached hydrogens (tertiary/aromatic N) is 4. The minimum Gasteiger partial charge on any atom is -0.397 e. The lowest BCUT2D eigenvalue weighted by Gasteiger charge is -2.12. The molecule has 6 heteroatoms. The third-order valence-electron chi connectivity index (χ3n) is 3.92. The summed E-state index contributed by atoms with van der Waals surface area (Å²) in [5.41, 5.74) is 11.4. The predicted octanol–water partition coefficient (Wildman–Crippen LogP) is 3.43. The number of hydrogen-bond donors (Lipinski definition) is 2. The number of benzene rings is 1. The van der Waals surface area contributed by atoms with Crippen LogP contribution >= 0.6 is 0 Å². The second-order valence-electron chi connectivity index (χ2n) is 5.57. The molecular weight excluding hydrogens is 300 g/mol. The first kappa shape index (κ1) is 14.2. The van der Waals surface area contributed by atoms with Gasteiger partial charge in [0.2, 0.25) is 0 Å². The first-order chi connectivity index (χ1) is 11.7. The zero-order valence-corrected chi connectivity index (χ0v) is 13.1. The van der Waals surface area contributed by atoms with Crippen molar-refractivity contribution >= 4 is 22.6 Å². The molecule has 6 nitrogen and oxygen atoms in total. The number of anilines is 3. The maximum Gasteiger partial charge on any atom is 0.161 e. The smallest absolute Gasteiger partial charge is 0.161 e. The molecule has 0 aliphatic heterocycles. The van der Waals surface area contributed by atoms with E-state index in [9.17, 15) is 0 Å². The van der Waals surface area contributed by atoms with Gasteiger partial charge in [-0.15, -0.1) is 0 Å². The lowest BCUT2D eigenvalue weighted by atomic mass is 10.1. The maximum absolute atomic E-state index is 6.03. The van der Waals surface area contributed by atoms with Crippen LogP contribution in [0, 0.1) is 6.92 Å². The van der Waals surface area contributed by atoms with E-state index in [2.05, 4.69) is 20.3 Å². The monoisotopic (exact) mass is 316 g/mol. The largest absolute Gasteiger partial charge is 0.397 e. The zero-order chi connectivity index (χ0) is 16.5. The van der Waals surface area contributed by atoms with Crippen molar-refractivity contribution in [3.8, 4) is 11.4 Å². The Bertz CT molecular complexity index is 983. The SMILES string of the molecule is Cc1cccc(N)c1Nc1cnc(-c2cccn3cncc23)nc1. The molecule has 0 aliphatic carbocycles. The average molecular weight is 316 g/mol. The van der Waals surface area contributed by atoms with Gasteiger partial charge in [0.05, 0.1) is 47.5 Å². The third-order valence-corrected chi connectivity index (χ3v) is 3.92. The minimum absolute atomic E-state index is 0.657. The molecule has 4 rings (SSSR count). The topological polar surface area (TPSA) is 81.1 Å². The number of para-hydroxylation sites is 1. The number of hydrogen-bond acceptors (Lipinski definition) is 5. The van der Waals surface area contributed by atoms with Crippen molar-refractivity contribution in [1.82, 2.24) is 19.4 Å². The van der Waals surface area contributed by atoms with Gasteiger partial charge in [-0.05, 0) is 30.7 Å². The van der Waals surface area contributed by atoms with Crippen LogP contribution in [0.25, 0.3) is 16.9 Å². The van der Waals surface area contributed by atoms with E-state index in [1.165, 1.54) is 0 Å². The maximum atomic E-state index is 6.03. The zero-order valence-electron chi connectivity index (χ0n) is 13.1. The van der Waals surface area contributed by atoms with Gasteiger partial charge in [-0.25, -0.2) is 15.0 Å². The molecule has 0 amide bonds. The van der Waals surface area contributed by atoms with Crippen molar-refractivity contribution < 1.29 is 0 Å². The molecule has 0 atom stereocenters. The molecule has 1 aromatic carbocycles. The van der Waals surface area contributed by atoms with Crippen molar-refractivity contribution in [1.29, 1.82) is 0 Å². The Balaban J connectivity index is 1.67. The number of pyridine rings is 1. The number of nitrogen functional groups attached to an aromatic ring is 1. The van der Waals surface area contributed by atoms with Gasteiger partial charge in [0.15, 0.2) is 5.82 Å². The summed E-state index contributed by atoms with van der Waals surface area (Å²) in [4.78, 5) is 13.1. The molecule has 24 heavy (non-hydrogen) atoms. The van der Waals surface area contributed by atoms with Crippen molar-refractivity contribution in [2.24, 2.45) is 0 Å². The van der Waals surface area contributed by atoms with Crippen LogP contribution < -0.4 is 11.1 Å². The Hall–Kier alpha value is -3.41. The summed E-state index contributed by atoms with van der Waals surface area (Å²) < 4.78 is 1.94. The summed E-state index contributed by atoms with van der Waals surface area (Å²) in [7, 11) is 0. The van der Waals surface area contributed by atoms with E-state index in [1.54, 1.807) is 24.9 Å². The standard InChI is InChI=1S/C18H16N6/c1-12-4-2-6-15(19)17(12)23-13-8-21-18(22-9-13)14-5-3-7-24-11-20-10-16(14)24/h2-11,23H,19H2,1H3. The van der Waals surface area contributed by atoms with Gasteiger partial charge in [-0.3, -0.25) is 0 Å². The molecule has 0 unspecified atom stereocenters. The minimum atomic E-state index is 0.657. The highest BCUT2D eigenvalue weighted by atomic mass is 15.0. The van der Waals surface area contributed by atoms with E-state index in [0.29, 0.717) is 11.5 Å². The van der Waals surface area contributed by atoms with Crippen molar-refractivity contribution in [2.75, 3.05) is 11.1 Å². The van der Waals surface area contributed by atoms with Crippen LogP contribution in [0.4, 0.5) is 17.1 Å². The molecule has 0 saturated carbocycles. The molecular formula is C18H16N6. The Morgan fingerprint density at radius 1 is 1.04 bits per heavy atom.